The van der Waals surface area contributed by atoms with E-state index in [4.69, 9.17) is 5.11 Å². The lowest BCUT2D eigenvalue weighted by atomic mass is 9.86. The average molecular weight is 267 g/mol. The number of carboxylic acids is 1. The molecule has 0 saturated heterocycles. The van der Waals surface area contributed by atoms with E-state index >= 15 is 0 Å². The third-order valence-electron chi connectivity index (χ3n) is 3.56. The van der Waals surface area contributed by atoms with Crippen molar-refractivity contribution >= 4 is 11.8 Å². The molecule has 0 spiro atoms. The van der Waals surface area contributed by atoms with Crippen LogP contribution in [0.5, 0.6) is 0 Å². The number of carboxylic acid groups (broad SMARTS) is 1. The van der Waals surface area contributed by atoms with Crippen LogP contribution in [0.2, 0.25) is 0 Å². The van der Waals surface area contributed by atoms with E-state index in [0.717, 1.165) is 12.8 Å². The third kappa shape index (κ3) is 3.19. The monoisotopic (exact) mass is 267 g/mol. The fourth-order valence-corrected chi connectivity index (χ4v) is 2.49. The van der Waals surface area contributed by atoms with Gasteiger partial charge in [0.25, 0.3) is 0 Å². The van der Waals surface area contributed by atoms with Gasteiger partial charge in [0.05, 0.1) is 11.6 Å². The van der Waals surface area contributed by atoms with Gasteiger partial charge in [-0.05, 0) is 25.7 Å². The minimum absolute atomic E-state index is 0.0380. The second-order valence-corrected chi connectivity index (χ2v) is 4.88. The Labute approximate surface area is 111 Å². The number of hydrogen-bond donors (Lipinski definition) is 2. The van der Waals surface area contributed by atoms with Crippen molar-refractivity contribution < 1.29 is 14.3 Å². The van der Waals surface area contributed by atoms with Crippen molar-refractivity contribution in [3.05, 3.63) is 17.8 Å². The molecule has 1 aliphatic rings. The molecule has 6 heteroatoms. The number of anilines is 1. The molecule has 0 bridgehead atoms. The molecule has 0 amide bonds. The number of halogens is 1. The fraction of sp³-hybridized carbons (Fsp3) is 0.615. The SMILES string of the molecule is CCc1ncnc(NC2CCCC(C(=O)O)C2)c1F. The summed E-state index contributed by atoms with van der Waals surface area (Å²) in [6, 6.07) is -0.0380. The Morgan fingerprint density at radius 1 is 1.53 bits per heavy atom. The molecular formula is C13H18FN3O2. The van der Waals surface area contributed by atoms with Gasteiger partial charge >= 0.3 is 5.97 Å². The quantitative estimate of drug-likeness (QED) is 0.875. The molecular weight excluding hydrogens is 249 g/mol. The largest absolute Gasteiger partial charge is 0.481 e. The first-order valence-electron chi connectivity index (χ1n) is 6.60. The number of nitrogens with zero attached hydrogens (tertiary/aromatic N) is 2. The zero-order valence-corrected chi connectivity index (χ0v) is 10.9. The molecule has 1 saturated carbocycles. The van der Waals surface area contributed by atoms with Gasteiger partial charge < -0.3 is 10.4 Å². The number of aromatic nitrogens is 2. The highest BCUT2D eigenvalue weighted by molar-refractivity contribution is 5.70. The molecule has 2 N–H and O–H groups in total. The lowest BCUT2D eigenvalue weighted by Crippen LogP contribution is -2.31. The van der Waals surface area contributed by atoms with E-state index in [-0.39, 0.29) is 17.8 Å². The molecule has 1 aromatic heterocycles. The third-order valence-corrected chi connectivity index (χ3v) is 3.56. The fourth-order valence-electron chi connectivity index (χ4n) is 2.49. The zero-order chi connectivity index (χ0) is 13.8. The average Bonchev–Trinajstić information content (AvgIpc) is 2.41. The van der Waals surface area contributed by atoms with Crippen molar-refractivity contribution in [2.45, 2.75) is 45.1 Å². The second-order valence-electron chi connectivity index (χ2n) is 4.88. The topological polar surface area (TPSA) is 75.1 Å². The van der Waals surface area contributed by atoms with E-state index in [1.807, 2.05) is 6.92 Å². The number of carbonyl (C=O) groups is 1. The van der Waals surface area contributed by atoms with E-state index in [9.17, 15) is 9.18 Å². The summed E-state index contributed by atoms with van der Waals surface area (Å²) in [5, 5.41) is 12.1. The van der Waals surface area contributed by atoms with E-state index in [1.165, 1.54) is 6.33 Å². The van der Waals surface area contributed by atoms with E-state index in [1.54, 1.807) is 0 Å². The Morgan fingerprint density at radius 2 is 2.32 bits per heavy atom. The molecule has 1 aromatic rings. The summed E-state index contributed by atoms with van der Waals surface area (Å²) >= 11 is 0. The van der Waals surface area contributed by atoms with Crippen LogP contribution in [0.25, 0.3) is 0 Å². The molecule has 1 fully saturated rings. The van der Waals surface area contributed by atoms with Crippen LogP contribution in [0.15, 0.2) is 6.33 Å². The molecule has 19 heavy (non-hydrogen) atoms. The minimum atomic E-state index is -0.774. The summed E-state index contributed by atoms with van der Waals surface area (Å²) in [5.41, 5.74) is 0.378. The summed E-state index contributed by atoms with van der Waals surface area (Å²) in [6.45, 7) is 1.83. The normalized spacial score (nSPS) is 23.1. The highest BCUT2D eigenvalue weighted by Crippen LogP contribution is 2.27. The van der Waals surface area contributed by atoms with Crippen LogP contribution in [0.4, 0.5) is 10.2 Å². The number of aliphatic carboxylic acids is 1. The molecule has 0 aliphatic heterocycles. The summed E-state index contributed by atoms with van der Waals surface area (Å²) in [6.07, 6.45) is 4.73. The second kappa shape index (κ2) is 5.95. The molecule has 2 rings (SSSR count). The summed E-state index contributed by atoms with van der Waals surface area (Å²) in [4.78, 5) is 18.8. The maximum atomic E-state index is 14.0. The van der Waals surface area contributed by atoms with Crippen molar-refractivity contribution in [1.29, 1.82) is 0 Å². The van der Waals surface area contributed by atoms with Gasteiger partial charge in [0.15, 0.2) is 11.6 Å². The lowest BCUT2D eigenvalue weighted by Gasteiger charge is -2.27. The first-order valence-corrected chi connectivity index (χ1v) is 6.60. The predicted molar refractivity (Wildman–Crippen MR) is 68.4 cm³/mol. The molecule has 104 valence electrons. The Morgan fingerprint density at radius 3 is 3.00 bits per heavy atom. The summed E-state index contributed by atoms with van der Waals surface area (Å²) in [5.74, 6) is -1.36. The maximum absolute atomic E-state index is 14.0. The van der Waals surface area contributed by atoms with Crippen LogP contribution in [0.1, 0.15) is 38.3 Å². The molecule has 2 unspecified atom stereocenters. The van der Waals surface area contributed by atoms with Crippen LogP contribution in [-0.2, 0) is 11.2 Å². The highest BCUT2D eigenvalue weighted by atomic mass is 19.1. The Bertz CT molecular complexity index is 467. The van der Waals surface area contributed by atoms with Gasteiger partial charge in [-0.3, -0.25) is 4.79 Å². The van der Waals surface area contributed by atoms with Gasteiger partial charge in [-0.1, -0.05) is 13.3 Å². The van der Waals surface area contributed by atoms with Crippen LogP contribution in [-0.4, -0.2) is 27.1 Å². The van der Waals surface area contributed by atoms with Crippen molar-refractivity contribution in [2.75, 3.05) is 5.32 Å². The van der Waals surface area contributed by atoms with E-state index < -0.39 is 11.8 Å². The first kappa shape index (κ1) is 13.7. The zero-order valence-electron chi connectivity index (χ0n) is 10.9. The molecule has 1 heterocycles. The molecule has 1 aliphatic carbocycles. The van der Waals surface area contributed by atoms with Crippen molar-refractivity contribution in [1.82, 2.24) is 9.97 Å². The van der Waals surface area contributed by atoms with Gasteiger partial charge in [0.1, 0.15) is 6.33 Å². The van der Waals surface area contributed by atoms with E-state index in [0.29, 0.717) is 25.0 Å². The summed E-state index contributed by atoms with van der Waals surface area (Å²) in [7, 11) is 0. The van der Waals surface area contributed by atoms with Gasteiger partial charge in [0, 0.05) is 6.04 Å². The molecule has 2 atom stereocenters. The van der Waals surface area contributed by atoms with Crippen molar-refractivity contribution in [2.24, 2.45) is 5.92 Å². The Hall–Kier alpha value is -1.72. The molecule has 0 aromatic carbocycles. The number of aryl methyl sites for hydroxylation is 1. The van der Waals surface area contributed by atoms with Gasteiger partial charge in [0.2, 0.25) is 0 Å². The van der Waals surface area contributed by atoms with E-state index in [2.05, 4.69) is 15.3 Å². The predicted octanol–water partition coefficient (Wildman–Crippen LogP) is 2.23. The minimum Gasteiger partial charge on any atom is -0.481 e. The molecule has 5 nitrogen and oxygen atoms in total. The standard InChI is InChI=1S/C13H18FN3O2/c1-2-10-11(14)12(16-7-15-10)17-9-5-3-4-8(6-9)13(18)19/h7-9H,2-6H2,1H3,(H,18,19)(H,15,16,17). The van der Waals surface area contributed by atoms with Gasteiger partial charge in [-0.25, -0.2) is 14.4 Å². The maximum Gasteiger partial charge on any atom is 0.306 e. The lowest BCUT2D eigenvalue weighted by molar-refractivity contribution is -0.142. The summed E-state index contributed by atoms with van der Waals surface area (Å²) < 4.78 is 14.0. The van der Waals surface area contributed by atoms with Crippen LogP contribution >= 0.6 is 0 Å². The first-order chi connectivity index (χ1) is 9.11. The smallest absolute Gasteiger partial charge is 0.306 e. The van der Waals surface area contributed by atoms with Crippen molar-refractivity contribution in [3.63, 3.8) is 0 Å². The van der Waals surface area contributed by atoms with Crippen molar-refractivity contribution in [3.8, 4) is 0 Å². The van der Waals surface area contributed by atoms with Crippen LogP contribution in [0.3, 0.4) is 0 Å². The molecule has 0 radical (unpaired) electrons. The Kier molecular flexibility index (Phi) is 4.29. The Balaban J connectivity index is 2.06. The number of nitrogens with one attached hydrogen (secondary N) is 1. The van der Waals surface area contributed by atoms with Crippen LogP contribution < -0.4 is 5.32 Å². The number of rotatable bonds is 4. The highest BCUT2D eigenvalue weighted by Gasteiger charge is 2.27. The number of hydrogen-bond acceptors (Lipinski definition) is 4. The van der Waals surface area contributed by atoms with Gasteiger partial charge in [-0.15, -0.1) is 0 Å². The van der Waals surface area contributed by atoms with Crippen LogP contribution in [0, 0.1) is 11.7 Å². The van der Waals surface area contributed by atoms with Gasteiger partial charge in [-0.2, -0.15) is 0 Å².